The highest BCUT2D eigenvalue weighted by Crippen LogP contribution is 2.04. The lowest BCUT2D eigenvalue weighted by molar-refractivity contribution is -0.135. The lowest BCUT2D eigenvalue weighted by Crippen LogP contribution is -2.46. The molecular weight excluding hydrogens is 246 g/mol. The quantitative estimate of drug-likeness (QED) is 0.761. The Morgan fingerprint density at radius 1 is 1.37 bits per heavy atom. The van der Waals surface area contributed by atoms with Gasteiger partial charge in [-0.2, -0.15) is 0 Å². The average Bonchev–Trinajstić information content (AvgIpc) is 2.39. The number of para-hydroxylation sites is 1. The van der Waals surface area contributed by atoms with Gasteiger partial charge in [0, 0.05) is 19.8 Å². The predicted molar refractivity (Wildman–Crippen MR) is 72.6 cm³/mol. The number of rotatable bonds is 6. The number of hydrogen-bond acceptors (Lipinski definition) is 4. The minimum absolute atomic E-state index is 0.0505. The molecule has 0 fully saturated rings. The number of hydrogen-bond donors (Lipinski definition) is 2. The van der Waals surface area contributed by atoms with Gasteiger partial charge in [-0.05, 0) is 12.1 Å². The van der Waals surface area contributed by atoms with Gasteiger partial charge in [-0.15, -0.1) is 0 Å². The summed E-state index contributed by atoms with van der Waals surface area (Å²) in [5, 5.41) is 2.69. The first kappa shape index (κ1) is 15.1. The van der Waals surface area contributed by atoms with Crippen molar-refractivity contribution in [3.63, 3.8) is 0 Å². The summed E-state index contributed by atoms with van der Waals surface area (Å²) in [6.07, 6.45) is 0. The van der Waals surface area contributed by atoms with E-state index in [0.717, 1.165) is 0 Å². The predicted octanol–water partition coefficient (Wildman–Crippen LogP) is 0.0572. The highest BCUT2D eigenvalue weighted by molar-refractivity contribution is 5.95. The fourth-order valence-electron chi connectivity index (χ4n) is 1.55. The van der Waals surface area contributed by atoms with Gasteiger partial charge in [0.2, 0.25) is 11.8 Å². The molecule has 0 aliphatic carbocycles. The van der Waals surface area contributed by atoms with E-state index in [1.807, 2.05) is 18.2 Å². The Labute approximate surface area is 112 Å². The van der Waals surface area contributed by atoms with Crippen molar-refractivity contribution in [3.8, 4) is 0 Å². The lowest BCUT2D eigenvalue weighted by atomic mass is 10.3. The summed E-state index contributed by atoms with van der Waals surface area (Å²) in [6.45, 7) is 0.0780. The molecule has 104 valence electrons. The van der Waals surface area contributed by atoms with E-state index in [9.17, 15) is 9.59 Å². The molecule has 0 bridgehead atoms. The van der Waals surface area contributed by atoms with Crippen molar-refractivity contribution in [2.24, 2.45) is 5.73 Å². The Kier molecular flexibility index (Phi) is 5.98. The van der Waals surface area contributed by atoms with Gasteiger partial charge in [-0.25, -0.2) is 0 Å². The molecule has 0 aliphatic rings. The van der Waals surface area contributed by atoms with E-state index >= 15 is 0 Å². The largest absolute Gasteiger partial charge is 0.383 e. The maximum atomic E-state index is 11.8. The summed E-state index contributed by atoms with van der Waals surface area (Å²) in [4.78, 5) is 24.8. The molecule has 1 aromatic carbocycles. The van der Waals surface area contributed by atoms with E-state index in [1.165, 1.54) is 19.1 Å². The SMILES string of the molecule is COCC(N)C(=O)N(C)CC(=O)Nc1ccccc1. The highest BCUT2D eigenvalue weighted by atomic mass is 16.5. The Balaban J connectivity index is 2.46. The van der Waals surface area contributed by atoms with E-state index in [4.69, 9.17) is 10.5 Å². The van der Waals surface area contributed by atoms with Crippen LogP contribution in [0.25, 0.3) is 0 Å². The minimum Gasteiger partial charge on any atom is -0.383 e. The number of ether oxygens (including phenoxy) is 1. The smallest absolute Gasteiger partial charge is 0.243 e. The number of methoxy groups -OCH3 is 1. The lowest BCUT2D eigenvalue weighted by Gasteiger charge is -2.20. The van der Waals surface area contributed by atoms with Crippen LogP contribution in [0.4, 0.5) is 5.69 Å². The van der Waals surface area contributed by atoms with E-state index in [0.29, 0.717) is 5.69 Å². The van der Waals surface area contributed by atoms with E-state index < -0.39 is 6.04 Å². The zero-order valence-corrected chi connectivity index (χ0v) is 11.1. The van der Waals surface area contributed by atoms with Gasteiger partial charge in [-0.3, -0.25) is 9.59 Å². The van der Waals surface area contributed by atoms with Crippen LogP contribution in [0.2, 0.25) is 0 Å². The Hall–Kier alpha value is -1.92. The third-order valence-electron chi connectivity index (χ3n) is 2.48. The van der Waals surface area contributed by atoms with Crippen molar-refractivity contribution in [2.45, 2.75) is 6.04 Å². The average molecular weight is 265 g/mol. The van der Waals surface area contributed by atoms with Crippen LogP contribution < -0.4 is 11.1 Å². The van der Waals surface area contributed by atoms with Crippen LogP contribution in [-0.2, 0) is 14.3 Å². The fraction of sp³-hybridized carbons (Fsp3) is 0.385. The minimum atomic E-state index is -0.750. The van der Waals surface area contributed by atoms with E-state index in [1.54, 1.807) is 12.1 Å². The summed E-state index contributed by atoms with van der Waals surface area (Å²) in [7, 11) is 3.00. The molecule has 0 heterocycles. The van der Waals surface area contributed by atoms with Crippen molar-refractivity contribution in [2.75, 3.05) is 32.6 Å². The number of amides is 2. The van der Waals surface area contributed by atoms with Crippen molar-refractivity contribution in [1.29, 1.82) is 0 Å². The van der Waals surface area contributed by atoms with Crippen LogP contribution in [0.5, 0.6) is 0 Å². The summed E-state index contributed by atoms with van der Waals surface area (Å²) in [5.41, 5.74) is 6.30. The van der Waals surface area contributed by atoms with Crippen LogP contribution in [0.3, 0.4) is 0 Å². The van der Waals surface area contributed by atoms with Gasteiger partial charge in [0.05, 0.1) is 13.2 Å². The molecule has 6 heteroatoms. The third kappa shape index (κ3) is 5.07. The summed E-state index contributed by atoms with van der Waals surface area (Å²) < 4.78 is 4.80. The zero-order valence-electron chi connectivity index (χ0n) is 11.1. The maximum Gasteiger partial charge on any atom is 0.243 e. The second-order valence-electron chi connectivity index (χ2n) is 4.17. The van der Waals surface area contributed by atoms with Crippen molar-refractivity contribution in [3.05, 3.63) is 30.3 Å². The second kappa shape index (κ2) is 7.50. The Morgan fingerprint density at radius 3 is 2.58 bits per heavy atom. The molecule has 0 saturated carbocycles. The molecule has 2 amide bonds. The molecule has 19 heavy (non-hydrogen) atoms. The normalized spacial score (nSPS) is 11.7. The first-order chi connectivity index (χ1) is 9.04. The monoisotopic (exact) mass is 265 g/mol. The molecule has 0 spiro atoms. The standard InChI is InChI=1S/C13H19N3O3/c1-16(13(18)11(14)9-19-2)8-12(17)15-10-6-4-3-5-7-10/h3-7,11H,8-9,14H2,1-2H3,(H,15,17). The molecule has 1 aromatic rings. The van der Waals surface area contributed by atoms with Crippen LogP contribution in [0.1, 0.15) is 0 Å². The molecule has 0 aromatic heterocycles. The Bertz CT molecular complexity index is 422. The fourth-order valence-corrected chi connectivity index (χ4v) is 1.55. The number of nitrogens with one attached hydrogen (secondary N) is 1. The number of carbonyl (C=O) groups excluding carboxylic acids is 2. The number of benzene rings is 1. The van der Waals surface area contributed by atoms with Crippen LogP contribution in [0, 0.1) is 0 Å². The molecule has 1 unspecified atom stereocenters. The van der Waals surface area contributed by atoms with Gasteiger partial charge >= 0.3 is 0 Å². The Morgan fingerprint density at radius 2 is 2.00 bits per heavy atom. The number of anilines is 1. The van der Waals surface area contributed by atoms with Crippen molar-refractivity contribution in [1.82, 2.24) is 4.90 Å². The maximum absolute atomic E-state index is 11.8. The molecule has 1 atom stereocenters. The third-order valence-corrected chi connectivity index (χ3v) is 2.48. The van der Waals surface area contributed by atoms with Crippen molar-refractivity contribution < 1.29 is 14.3 Å². The van der Waals surface area contributed by atoms with Crippen LogP contribution in [0.15, 0.2) is 30.3 Å². The number of nitrogens with two attached hydrogens (primary N) is 1. The second-order valence-corrected chi connectivity index (χ2v) is 4.17. The molecule has 1 rings (SSSR count). The van der Waals surface area contributed by atoms with E-state index in [2.05, 4.69) is 5.32 Å². The molecular formula is C13H19N3O3. The summed E-state index contributed by atoms with van der Waals surface area (Å²) in [6, 6.07) is 8.29. The zero-order chi connectivity index (χ0) is 14.3. The van der Waals surface area contributed by atoms with E-state index in [-0.39, 0.29) is 25.0 Å². The van der Waals surface area contributed by atoms with Gasteiger partial charge in [0.15, 0.2) is 0 Å². The molecule has 0 aliphatic heterocycles. The molecule has 0 saturated heterocycles. The number of likely N-dealkylation sites (N-methyl/N-ethyl adjacent to an activating group) is 1. The van der Waals surface area contributed by atoms with Gasteiger partial charge in [0.1, 0.15) is 6.04 Å². The molecule has 0 radical (unpaired) electrons. The highest BCUT2D eigenvalue weighted by Gasteiger charge is 2.19. The van der Waals surface area contributed by atoms with Gasteiger partial charge in [-0.1, -0.05) is 18.2 Å². The van der Waals surface area contributed by atoms with Gasteiger partial charge in [0.25, 0.3) is 0 Å². The van der Waals surface area contributed by atoms with Crippen molar-refractivity contribution >= 4 is 17.5 Å². The summed E-state index contributed by atoms with van der Waals surface area (Å²) >= 11 is 0. The first-order valence-electron chi connectivity index (χ1n) is 5.89. The molecule has 6 nitrogen and oxygen atoms in total. The summed E-state index contributed by atoms with van der Waals surface area (Å²) in [5.74, 6) is -0.600. The number of carbonyl (C=O) groups is 2. The van der Waals surface area contributed by atoms with Crippen LogP contribution in [-0.4, -0.2) is 50.1 Å². The topological polar surface area (TPSA) is 84.7 Å². The van der Waals surface area contributed by atoms with Gasteiger partial charge < -0.3 is 20.7 Å². The molecule has 3 N–H and O–H groups in total. The number of nitrogens with zero attached hydrogens (tertiary/aromatic N) is 1. The van der Waals surface area contributed by atoms with Crippen LogP contribution >= 0.6 is 0 Å². The first-order valence-corrected chi connectivity index (χ1v) is 5.89.